The van der Waals surface area contributed by atoms with Gasteiger partial charge in [-0.05, 0) is 31.5 Å². The van der Waals surface area contributed by atoms with E-state index in [0.717, 1.165) is 0 Å². The highest BCUT2D eigenvalue weighted by molar-refractivity contribution is 6.40. The van der Waals surface area contributed by atoms with Gasteiger partial charge in [0, 0.05) is 19.6 Å². The lowest BCUT2D eigenvalue weighted by Crippen LogP contribution is -2.64. The highest BCUT2D eigenvalue weighted by atomic mass is 35.5. The van der Waals surface area contributed by atoms with Crippen LogP contribution >= 0.6 is 24.8 Å². The molecule has 1 heterocycles. The molecule has 1 unspecified atom stereocenters. The molecule has 10 N–H and O–H groups in total. The molecule has 0 aromatic heterocycles. The summed E-state index contributed by atoms with van der Waals surface area (Å²) >= 11 is 0. The lowest BCUT2D eigenvalue weighted by molar-refractivity contribution is -0.149. The van der Waals surface area contributed by atoms with Crippen molar-refractivity contribution in [2.24, 2.45) is 23.1 Å². The van der Waals surface area contributed by atoms with Crippen molar-refractivity contribution in [3.63, 3.8) is 0 Å². The first-order valence-corrected chi connectivity index (χ1v) is 8.51. The van der Waals surface area contributed by atoms with Crippen molar-refractivity contribution in [1.82, 2.24) is 10.2 Å². The molecule has 0 radical (unpaired) electrons. The minimum Gasteiger partial charge on any atom is -0.480 e. The third kappa shape index (κ3) is 9.26. The van der Waals surface area contributed by atoms with E-state index in [4.69, 9.17) is 27.2 Å². The number of amides is 3. The van der Waals surface area contributed by atoms with Crippen LogP contribution in [0, 0.1) is 5.92 Å². The van der Waals surface area contributed by atoms with E-state index in [1.54, 1.807) is 0 Å². The molecule has 28 heavy (non-hydrogen) atoms. The molecule has 0 spiro atoms. The van der Waals surface area contributed by atoms with Crippen LogP contribution in [0.25, 0.3) is 0 Å². The smallest absolute Gasteiger partial charge is 0.451 e. The van der Waals surface area contributed by atoms with Crippen LogP contribution in [0.15, 0.2) is 0 Å². The van der Waals surface area contributed by atoms with Gasteiger partial charge in [-0.25, -0.2) is 4.79 Å². The van der Waals surface area contributed by atoms with Gasteiger partial charge in [0.25, 0.3) is 0 Å². The van der Waals surface area contributed by atoms with E-state index in [2.05, 4.69) is 5.32 Å². The Morgan fingerprint density at radius 2 is 1.89 bits per heavy atom. The molecule has 11 nitrogen and oxygen atoms in total. The summed E-state index contributed by atoms with van der Waals surface area (Å²) in [4.78, 5) is 36.0. The number of primary amides is 1. The van der Waals surface area contributed by atoms with Crippen LogP contribution in [-0.2, 0) is 9.59 Å². The maximum absolute atomic E-state index is 12.6. The number of nitrogens with two attached hydrogens (primary N) is 3. The van der Waals surface area contributed by atoms with Gasteiger partial charge in [-0.15, -0.1) is 24.8 Å². The largest absolute Gasteiger partial charge is 0.480 e. The number of piperidine rings is 1. The number of hydrogen-bond acceptors (Lipinski definition) is 7. The second-order valence-electron chi connectivity index (χ2n) is 6.85. The molecule has 1 rings (SSSR count). The van der Waals surface area contributed by atoms with Crippen molar-refractivity contribution in [1.29, 1.82) is 0 Å². The Kier molecular flexibility index (Phi) is 13.4. The van der Waals surface area contributed by atoms with Crippen LogP contribution in [0.2, 0.25) is 6.32 Å². The fourth-order valence-electron chi connectivity index (χ4n) is 3.15. The number of urea groups is 1. The summed E-state index contributed by atoms with van der Waals surface area (Å²) < 4.78 is 0. The average Bonchev–Trinajstić information content (AvgIpc) is 2.55. The fraction of sp³-hybridized carbons (Fsp3) is 0.786. The molecular weight excluding hydrogens is 416 g/mol. The first kappa shape index (κ1) is 28.9. The van der Waals surface area contributed by atoms with E-state index in [1.807, 2.05) is 0 Å². The Labute approximate surface area is 176 Å². The number of likely N-dealkylation sites (tertiary alicyclic amines) is 1. The lowest BCUT2D eigenvalue weighted by atomic mass is 9.75. The van der Waals surface area contributed by atoms with Gasteiger partial charge in [-0.1, -0.05) is 6.42 Å². The molecule has 0 aromatic carbocycles. The molecule has 0 bridgehead atoms. The summed E-state index contributed by atoms with van der Waals surface area (Å²) in [5.74, 6) is -1.92. The number of rotatable bonds is 9. The van der Waals surface area contributed by atoms with Gasteiger partial charge in [0.1, 0.15) is 5.54 Å². The van der Waals surface area contributed by atoms with Gasteiger partial charge in [0.15, 0.2) is 0 Å². The summed E-state index contributed by atoms with van der Waals surface area (Å²) in [6.45, 7) is 0.376. The molecule has 1 aliphatic heterocycles. The summed E-state index contributed by atoms with van der Waals surface area (Å²) in [6.07, 6.45) is 1.26. The number of carboxylic acid groups (broad SMARTS) is 1. The van der Waals surface area contributed by atoms with Gasteiger partial charge in [0.2, 0.25) is 5.91 Å². The molecule has 1 saturated heterocycles. The van der Waals surface area contributed by atoms with E-state index in [1.165, 1.54) is 4.90 Å². The molecule has 0 aromatic rings. The molecule has 3 amide bonds. The molecule has 1 aliphatic rings. The van der Waals surface area contributed by atoms with Crippen LogP contribution in [-0.4, -0.2) is 76.3 Å². The third-order valence-electron chi connectivity index (χ3n) is 4.48. The zero-order valence-electron chi connectivity index (χ0n) is 15.5. The van der Waals surface area contributed by atoms with Crippen molar-refractivity contribution < 1.29 is 29.5 Å². The quantitative estimate of drug-likeness (QED) is 0.157. The summed E-state index contributed by atoms with van der Waals surface area (Å²) in [6, 6.07) is -1.52. The van der Waals surface area contributed by atoms with Crippen LogP contribution in [0.1, 0.15) is 25.7 Å². The van der Waals surface area contributed by atoms with Crippen molar-refractivity contribution in [2.75, 3.05) is 19.6 Å². The minimum atomic E-state index is -1.60. The van der Waals surface area contributed by atoms with Crippen molar-refractivity contribution in [3.05, 3.63) is 0 Å². The van der Waals surface area contributed by atoms with Gasteiger partial charge in [0.05, 0.1) is 6.04 Å². The summed E-state index contributed by atoms with van der Waals surface area (Å²) in [7, 11) is -1.50. The van der Waals surface area contributed by atoms with Crippen LogP contribution in [0.3, 0.4) is 0 Å². The van der Waals surface area contributed by atoms with E-state index in [9.17, 15) is 19.5 Å². The SMILES string of the molecule is Cl.Cl.NC(=O)NCCCC(N)C(=O)N1C[C@@H](CCB(O)O)C[C@](N)(C(=O)O)C1. The summed E-state index contributed by atoms with van der Waals surface area (Å²) in [5.41, 5.74) is 15.2. The number of halogens is 2. The predicted molar refractivity (Wildman–Crippen MR) is 108 cm³/mol. The molecule has 0 aliphatic carbocycles. The second kappa shape index (κ2) is 13.0. The molecular formula is C14H30BCl2N5O6. The van der Waals surface area contributed by atoms with E-state index < -0.39 is 36.6 Å². The minimum absolute atomic E-state index is 0. The molecule has 0 saturated carbocycles. The molecule has 14 heteroatoms. The lowest BCUT2D eigenvalue weighted by Gasteiger charge is -2.42. The monoisotopic (exact) mass is 445 g/mol. The molecule has 3 atom stereocenters. The number of carbonyl (C=O) groups excluding carboxylic acids is 2. The Balaban J connectivity index is 0. The van der Waals surface area contributed by atoms with Crippen LogP contribution < -0.4 is 22.5 Å². The first-order valence-electron chi connectivity index (χ1n) is 8.51. The van der Waals surface area contributed by atoms with Crippen molar-refractivity contribution >= 4 is 49.8 Å². The van der Waals surface area contributed by atoms with Crippen LogP contribution in [0.5, 0.6) is 0 Å². The van der Waals surface area contributed by atoms with Gasteiger partial charge in [-0.3, -0.25) is 9.59 Å². The third-order valence-corrected chi connectivity index (χ3v) is 4.48. The number of hydrogen-bond donors (Lipinski definition) is 7. The van der Waals surface area contributed by atoms with Crippen LogP contribution in [0.4, 0.5) is 4.79 Å². The van der Waals surface area contributed by atoms with Crippen molar-refractivity contribution in [2.45, 2.75) is 43.6 Å². The Morgan fingerprint density at radius 1 is 1.29 bits per heavy atom. The first-order chi connectivity index (χ1) is 12.0. The fourth-order valence-corrected chi connectivity index (χ4v) is 3.15. The molecule has 1 fully saturated rings. The highest BCUT2D eigenvalue weighted by Gasteiger charge is 2.44. The maximum atomic E-state index is 12.6. The Hall–Kier alpha value is -1.31. The predicted octanol–water partition coefficient (Wildman–Crippen LogP) is -1.90. The highest BCUT2D eigenvalue weighted by Crippen LogP contribution is 2.28. The zero-order chi connectivity index (χ0) is 19.9. The van der Waals surface area contributed by atoms with E-state index in [0.29, 0.717) is 19.3 Å². The topological polar surface area (TPSA) is 205 Å². The zero-order valence-corrected chi connectivity index (χ0v) is 17.1. The Bertz CT molecular complexity index is 532. The number of aliphatic carboxylic acids is 1. The number of nitrogens with zero attached hydrogens (tertiary/aromatic N) is 1. The van der Waals surface area contributed by atoms with E-state index >= 15 is 0 Å². The standard InChI is InChI=1S/C14H28BN5O6.2ClH/c16-10(2-1-5-19-13(17)24)11(21)20-7-9(3-4-15(25)26)6-14(18,8-20)12(22)23;;/h9-10,25-26H,1-8,16,18H2,(H,22,23)(H3,17,19,24);2*1H/t9-,10?,14+;;/m0../s1. The average molecular weight is 446 g/mol. The molecule has 164 valence electrons. The second-order valence-corrected chi connectivity index (χ2v) is 6.85. The van der Waals surface area contributed by atoms with Gasteiger partial charge < -0.3 is 42.6 Å². The van der Waals surface area contributed by atoms with Gasteiger partial charge >= 0.3 is 19.1 Å². The maximum Gasteiger partial charge on any atom is 0.451 e. The van der Waals surface area contributed by atoms with Gasteiger partial charge in [-0.2, -0.15) is 0 Å². The normalized spacial score (nSPS) is 22.3. The number of nitrogens with one attached hydrogen (secondary N) is 1. The summed E-state index contributed by atoms with van der Waals surface area (Å²) in [5, 5.41) is 29.8. The van der Waals surface area contributed by atoms with Crippen molar-refractivity contribution in [3.8, 4) is 0 Å². The Morgan fingerprint density at radius 3 is 2.39 bits per heavy atom. The number of carboxylic acids is 1. The number of carbonyl (C=O) groups is 3. The van der Waals surface area contributed by atoms with E-state index in [-0.39, 0.29) is 63.1 Å².